The van der Waals surface area contributed by atoms with Crippen molar-refractivity contribution in [3.8, 4) is 0 Å². The van der Waals surface area contributed by atoms with Crippen LogP contribution in [-0.2, 0) is 11.2 Å². The van der Waals surface area contributed by atoms with Crippen LogP contribution < -0.4 is 0 Å². The van der Waals surface area contributed by atoms with E-state index in [2.05, 4.69) is 0 Å². The van der Waals surface area contributed by atoms with Crippen LogP contribution in [0.2, 0.25) is 0 Å². The molecule has 2 N–H and O–H groups in total. The SMILES string of the molecule is CC(C)(C)OC(=O)N1CC(Cc2ccccc2)N(C(=O)O)CC1CO. The number of nitrogens with zero attached hydrogens (tertiary/aromatic N) is 2. The van der Waals surface area contributed by atoms with Gasteiger partial charge in [0.15, 0.2) is 0 Å². The Morgan fingerprint density at radius 1 is 1.12 bits per heavy atom. The molecule has 7 nitrogen and oxygen atoms in total. The second-order valence-electron chi connectivity index (χ2n) is 7.25. The second kappa shape index (κ2) is 7.74. The molecule has 2 unspecified atom stereocenters. The molecule has 1 fully saturated rings. The lowest BCUT2D eigenvalue weighted by molar-refractivity contribution is -0.0231. The van der Waals surface area contributed by atoms with E-state index in [0.717, 1.165) is 5.56 Å². The number of ether oxygens (including phenoxy) is 1. The van der Waals surface area contributed by atoms with Crippen LogP contribution in [0.4, 0.5) is 9.59 Å². The van der Waals surface area contributed by atoms with E-state index in [4.69, 9.17) is 4.74 Å². The molecule has 1 heterocycles. The predicted molar refractivity (Wildman–Crippen MR) is 92.5 cm³/mol. The summed E-state index contributed by atoms with van der Waals surface area (Å²) in [4.78, 5) is 26.9. The molecule has 0 radical (unpaired) electrons. The van der Waals surface area contributed by atoms with E-state index in [1.807, 2.05) is 30.3 Å². The Balaban J connectivity index is 2.20. The average Bonchev–Trinajstić information content (AvgIpc) is 2.53. The van der Waals surface area contributed by atoms with Crippen LogP contribution in [0.5, 0.6) is 0 Å². The van der Waals surface area contributed by atoms with Crippen molar-refractivity contribution in [3.05, 3.63) is 35.9 Å². The molecule has 25 heavy (non-hydrogen) atoms. The standard InChI is InChI=1S/C18H26N2O5/c1-18(2,3)25-17(24)20-10-14(9-13-7-5-4-6-8-13)19(16(22)23)11-15(20)12-21/h4-8,14-15,21H,9-12H2,1-3H3,(H,22,23). The second-order valence-corrected chi connectivity index (χ2v) is 7.25. The highest BCUT2D eigenvalue weighted by Crippen LogP contribution is 2.22. The molecule has 2 amide bonds. The Hall–Kier alpha value is -2.28. The van der Waals surface area contributed by atoms with Crippen LogP contribution >= 0.6 is 0 Å². The van der Waals surface area contributed by atoms with Crippen LogP contribution in [0.1, 0.15) is 26.3 Å². The Morgan fingerprint density at radius 2 is 1.72 bits per heavy atom. The summed E-state index contributed by atoms with van der Waals surface area (Å²) in [5.41, 5.74) is 0.334. The smallest absolute Gasteiger partial charge is 0.410 e. The molecule has 2 rings (SSSR count). The zero-order chi connectivity index (χ0) is 18.6. The van der Waals surface area contributed by atoms with Crippen molar-refractivity contribution in [2.75, 3.05) is 19.7 Å². The molecular formula is C18H26N2O5. The Labute approximate surface area is 147 Å². The zero-order valence-corrected chi connectivity index (χ0v) is 14.9. The number of aliphatic hydroxyl groups is 1. The molecule has 7 heteroatoms. The van der Waals surface area contributed by atoms with Gasteiger partial charge in [-0.25, -0.2) is 9.59 Å². The van der Waals surface area contributed by atoms with E-state index in [0.29, 0.717) is 6.42 Å². The van der Waals surface area contributed by atoms with Crippen LogP contribution in [-0.4, -0.2) is 69.6 Å². The monoisotopic (exact) mass is 350 g/mol. The van der Waals surface area contributed by atoms with E-state index in [1.54, 1.807) is 20.8 Å². The number of amides is 2. The van der Waals surface area contributed by atoms with Gasteiger partial charge in [-0.3, -0.25) is 4.90 Å². The molecule has 1 aliphatic rings. The molecule has 0 saturated carbocycles. The number of piperazine rings is 1. The fourth-order valence-corrected chi connectivity index (χ4v) is 2.95. The van der Waals surface area contributed by atoms with Gasteiger partial charge >= 0.3 is 12.2 Å². The van der Waals surface area contributed by atoms with E-state index in [-0.39, 0.29) is 19.7 Å². The zero-order valence-electron chi connectivity index (χ0n) is 14.9. The van der Waals surface area contributed by atoms with Crippen molar-refractivity contribution in [1.29, 1.82) is 0 Å². The van der Waals surface area contributed by atoms with Gasteiger partial charge in [0.1, 0.15) is 5.60 Å². The van der Waals surface area contributed by atoms with Crippen molar-refractivity contribution in [2.45, 2.75) is 44.9 Å². The minimum atomic E-state index is -1.05. The van der Waals surface area contributed by atoms with Crippen molar-refractivity contribution in [3.63, 3.8) is 0 Å². The Kier molecular flexibility index (Phi) is 5.89. The van der Waals surface area contributed by atoms with E-state index < -0.39 is 29.9 Å². The van der Waals surface area contributed by atoms with Gasteiger partial charge in [0.2, 0.25) is 0 Å². The highest BCUT2D eigenvalue weighted by molar-refractivity contribution is 5.70. The number of carboxylic acid groups (broad SMARTS) is 1. The number of carbonyl (C=O) groups is 2. The fraction of sp³-hybridized carbons (Fsp3) is 0.556. The summed E-state index contributed by atoms with van der Waals surface area (Å²) >= 11 is 0. The van der Waals surface area contributed by atoms with Crippen molar-refractivity contribution < 1.29 is 24.5 Å². The number of hydrogen-bond acceptors (Lipinski definition) is 4. The van der Waals surface area contributed by atoms with Gasteiger partial charge in [-0.05, 0) is 32.8 Å². The molecular weight excluding hydrogens is 324 g/mol. The first-order valence-corrected chi connectivity index (χ1v) is 8.35. The molecule has 0 spiro atoms. The van der Waals surface area contributed by atoms with Crippen LogP contribution in [0.25, 0.3) is 0 Å². The first kappa shape index (κ1) is 19.1. The van der Waals surface area contributed by atoms with Gasteiger partial charge < -0.3 is 19.8 Å². The van der Waals surface area contributed by atoms with E-state index in [9.17, 15) is 19.8 Å². The third-order valence-electron chi connectivity index (χ3n) is 4.10. The van der Waals surface area contributed by atoms with Gasteiger partial charge in [0, 0.05) is 13.1 Å². The van der Waals surface area contributed by atoms with Gasteiger partial charge in [0.25, 0.3) is 0 Å². The molecule has 1 aromatic rings. The van der Waals surface area contributed by atoms with Crippen LogP contribution in [0.3, 0.4) is 0 Å². The fourth-order valence-electron chi connectivity index (χ4n) is 2.95. The maximum atomic E-state index is 12.5. The minimum absolute atomic E-state index is 0.0581. The number of carbonyl (C=O) groups excluding carboxylic acids is 1. The summed E-state index contributed by atoms with van der Waals surface area (Å²) in [6.07, 6.45) is -1.09. The van der Waals surface area contributed by atoms with Crippen molar-refractivity contribution in [2.24, 2.45) is 0 Å². The molecule has 2 atom stereocenters. The Morgan fingerprint density at radius 3 is 2.24 bits per heavy atom. The highest BCUT2D eigenvalue weighted by atomic mass is 16.6. The minimum Gasteiger partial charge on any atom is -0.465 e. The molecule has 0 bridgehead atoms. The first-order chi connectivity index (χ1) is 11.7. The van der Waals surface area contributed by atoms with Gasteiger partial charge in [-0.1, -0.05) is 30.3 Å². The summed E-state index contributed by atoms with van der Waals surface area (Å²) in [6, 6.07) is 8.53. The highest BCUT2D eigenvalue weighted by Gasteiger charge is 2.39. The summed E-state index contributed by atoms with van der Waals surface area (Å²) in [5.74, 6) is 0. The maximum absolute atomic E-state index is 12.5. The van der Waals surface area contributed by atoms with Crippen LogP contribution in [0, 0.1) is 0 Å². The van der Waals surface area contributed by atoms with Gasteiger partial charge in [0.05, 0.1) is 18.7 Å². The summed E-state index contributed by atoms with van der Waals surface area (Å²) in [7, 11) is 0. The lowest BCUT2D eigenvalue weighted by Crippen LogP contribution is -2.63. The lowest BCUT2D eigenvalue weighted by Gasteiger charge is -2.44. The van der Waals surface area contributed by atoms with Crippen molar-refractivity contribution >= 4 is 12.2 Å². The van der Waals surface area contributed by atoms with Gasteiger partial charge in [-0.2, -0.15) is 0 Å². The number of benzene rings is 1. The molecule has 138 valence electrons. The molecule has 1 aliphatic heterocycles. The van der Waals surface area contributed by atoms with E-state index >= 15 is 0 Å². The maximum Gasteiger partial charge on any atom is 0.410 e. The first-order valence-electron chi connectivity index (χ1n) is 8.35. The average molecular weight is 350 g/mol. The summed E-state index contributed by atoms with van der Waals surface area (Å²) in [6.45, 7) is 5.24. The lowest BCUT2D eigenvalue weighted by atomic mass is 10.00. The molecule has 0 aromatic heterocycles. The van der Waals surface area contributed by atoms with Crippen LogP contribution in [0.15, 0.2) is 30.3 Å². The van der Waals surface area contributed by atoms with E-state index in [1.165, 1.54) is 9.80 Å². The molecule has 0 aliphatic carbocycles. The predicted octanol–water partition coefficient (Wildman–Crippen LogP) is 2.19. The third-order valence-corrected chi connectivity index (χ3v) is 4.10. The largest absolute Gasteiger partial charge is 0.465 e. The topological polar surface area (TPSA) is 90.3 Å². The summed E-state index contributed by atoms with van der Waals surface area (Å²) < 4.78 is 5.41. The normalized spacial score (nSPS) is 21.1. The summed E-state index contributed by atoms with van der Waals surface area (Å²) in [5, 5.41) is 19.1. The molecule has 1 saturated heterocycles. The Bertz CT molecular complexity index is 599. The quantitative estimate of drug-likeness (QED) is 0.872. The van der Waals surface area contributed by atoms with Gasteiger partial charge in [-0.15, -0.1) is 0 Å². The van der Waals surface area contributed by atoms with Crippen molar-refractivity contribution in [1.82, 2.24) is 9.80 Å². The third kappa shape index (κ3) is 5.09. The number of aliphatic hydroxyl groups excluding tert-OH is 1. The molecule has 1 aromatic carbocycles. The number of hydrogen-bond donors (Lipinski definition) is 2. The number of rotatable bonds is 3.